The van der Waals surface area contributed by atoms with Crippen molar-refractivity contribution in [1.29, 1.82) is 0 Å². The summed E-state index contributed by atoms with van der Waals surface area (Å²) in [5, 5.41) is 2.70. The Hall–Kier alpha value is -2.14. The van der Waals surface area contributed by atoms with Gasteiger partial charge in [-0.3, -0.25) is 9.59 Å². The Morgan fingerprint density at radius 3 is 2.23 bits per heavy atom. The number of carbonyl (C=O) groups excluding carboxylic acids is 2. The summed E-state index contributed by atoms with van der Waals surface area (Å²) in [5.74, 6) is -0.753. The molecule has 0 aliphatic carbocycles. The maximum atomic E-state index is 12.0. The first-order valence-electron chi connectivity index (χ1n) is 6.91. The molecule has 0 bridgehead atoms. The van der Waals surface area contributed by atoms with Gasteiger partial charge in [-0.15, -0.1) is 0 Å². The highest BCUT2D eigenvalue weighted by Crippen LogP contribution is 2.12. The molecule has 0 fully saturated rings. The second-order valence-electron chi connectivity index (χ2n) is 5.02. The topological polar surface area (TPSA) is 72.2 Å². The lowest BCUT2D eigenvalue weighted by Crippen LogP contribution is -2.46. The highest BCUT2D eigenvalue weighted by Gasteiger charge is 2.18. The van der Waals surface area contributed by atoms with Gasteiger partial charge in [-0.2, -0.15) is 0 Å². The Bertz CT molecular complexity index is 641. The maximum absolute atomic E-state index is 12.0. The average molecular weight is 361 g/mol. The van der Waals surface area contributed by atoms with Crippen molar-refractivity contribution in [3.8, 4) is 0 Å². The molecule has 0 saturated heterocycles. The van der Waals surface area contributed by atoms with Crippen LogP contribution in [0.5, 0.6) is 0 Å². The fourth-order valence-electron chi connectivity index (χ4n) is 2.11. The van der Waals surface area contributed by atoms with Crippen molar-refractivity contribution in [2.45, 2.75) is 18.9 Å². The number of hydrogen-bond acceptors (Lipinski definition) is 2. The lowest BCUT2D eigenvalue weighted by Gasteiger charge is -2.15. The Morgan fingerprint density at radius 2 is 1.64 bits per heavy atom. The van der Waals surface area contributed by atoms with Crippen molar-refractivity contribution < 1.29 is 9.59 Å². The van der Waals surface area contributed by atoms with Crippen LogP contribution in [0, 0.1) is 0 Å². The molecule has 3 N–H and O–H groups in total. The van der Waals surface area contributed by atoms with E-state index in [-0.39, 0.29) is 12.3 Å². The van der Waals surface area contributed by atoms with Gasteiger partial charge in [0.25, 0.3) is 0 Å². The zero-order valence-electron chi connectivity index (χ0n) is 12.0. The zero-order valence-corrected chi connectivity index (χ0v) is 13.5. The van der Waals surface area contributed by atoms with Crippen LogP contribution in [0.4, 0.5) is 0 Å². The van der Waals surface area contributed by atoms with Gasteiger partial charge in [-0.25, -0.2) is 0 Å². The second-order valence-corrected chi connectivity index (χ2v) is 5.93. The number of halogens is 1. The van der Waals surface area contributed by atoms with Gasteiger partial charge in [-0.05, 0) is 23.3 Å². The molecule has 5 heteroatoms. The number of carbonyl (C=O) groups is 2. The van der Waals surface area contributed by atoms with Crippen molar-refractivity contribution in [3.05, 3.63) is 70.2 Å². The van der Waals surface area contributed by atoms with E-state index in [4.69, 9.17) is 5.73 Å². The van der Waals surface area contributed by atoms with Gasteiger partial charge in [0.2, 0.25) is 11.8 Å². The third-order valence-corrected chi connectivity index (χ3v) is 3.77. The van der Waals surface area contributed by atoms with Crippen molar-refractivity contribution in [3.63, 3.8) is 0 Å². The molecule has 0 unspecified atom stereocenters. The average Bonchev–Trinajstić information content (AvgIpc) is 2.49. The number of benzene rings is 2. The first-order chi connectivity index (χ1) is 10.5. The molecule has 2 aromatic rings. The highest BCUT2D eigenvalue weighted by molar-refractivity contribution is 9.10. The number of amides is 2. The van der Waals surface area contributed by atoms with E-state index in [0.717, 1.165) is 15.6 Å². The molecule has 0 saturated carbocycles. The largest absolute Gasteiger partial charge is 0.368 e. The molecule has 4 nitrogen and oxygen atoms in total. The number of nitrogens with one attached hydrogen (secondary N) is 1. The lowest BCUT2D eigenvalue weighted by atomic mass is 10.0. The summed E-state index contributed by atoms with van der Waals surface area (Å²) in [6.07, 6.45) is 0.605. The lowest BCUT2D eigenvalue weighted by molar-refractivity contribution is -0.127. The molecule has 0 heterocycles. The first kappa shape index (κ1) is 16.2. The molecule has 0 aromatic heterocycles. The van der Waals surface area contributed by atoms with Crippen molar-refractivity contribution in [2.24, 2.45) is 5.73 Å². The summed E-state index contributed by atoms with van der Waals surface area (Å²) in [4.78, 5) is 23.6. The van der Waals surface area contributed by atoms with E-state index in [1.54, 1.807) is 0 Å². The molecule has 0 radical (unpaired) electrons. The van der Waals surface area contributed by atoms with Crippen LogP contribution in [-0.4, -0.2) is 17.9 Å². The van der Waals surface area contributed by atoms with Gasteiger partial charge in [0, 0.05) is 10.9 Å². The number of nitrogens with two attached hydrogens (primary N) is 1. The quantitative estimate of drug-likeness (QED) is 0.828. The van der Waals surface area contributed by atoms with Gasteiger partial charge in [0.1, 0.15) is 6.04 Å². The smallest absolute Gasteiger partial charge is 0.240 e. The van der Waals surface area contributed by atoms with E-state index in [1.165, 1.54) is 0 Å². The minimum absolute atomic E-state index is 0.216. The van der Waals surface area contributed by atoms with Crippen LogP contribution in [0.15, 0.2) is 59.1 Å². The standard InChI is InChI=1S/C17H17BrN2O2/c18-14-8-6-13(7-9-14)10-15(17(19)22)20-16(21)11-12-4-2-1-3-5-12/h1-9,15H,10-11H2,(H2,19,22)(H,20,21)/t15-/m0/s1. The fraction of sp³-hybridized carbons (Fsp3) is 0.176. The van der Waals surface area contributed by atoms with Crippen molar-refractivity contribution >= 4 is 27.7 Å². The molecule has 2 aromatic carbocycles. The molecule has 22 heavy (non-hydrogen) atoms. The third-order valence-electron chi connectivity index (χ3n) is 3.24. The molecule has 2 amide bonds. The molecular weight excluding hydrogens is 344 g/mol. The minimum atomic E-state index is -0.711. The van der Waals surface area contributed by atoms with Crippen LogP contribution in [0.3, 0.4) is 0 Å². The van der Waals surface area contributed by atoms with Crippen LogP contribution in [-0.2, 0) is 22.4 Å². The van der Waals surface area contributed by atoms with E-state index >= 15 is 0 Å². The SMILES string of the molecule is NC(=O)[C@H](Cc1ccc(Br)cc1)NC(=O)Cc1ccccc1. The summed E-state index contributed by atoms with van der Waals surface area (Å²) in [7, 11) is 0. The predicted octanol–water partition coefficient (Wildman–Crippen LogP) is 2.20. The van der Waals surface area contributed by atoms with Crippen molar-refractivity contribution in [1.82, 2.24) is 5.32 Å². The Morgan fingerprint density at radius 1 is 1.00 bits per heavy atom. The molecule has 0 aliphatic rings. The maximum Gasteiger partial charge on any atom is 0.240 e. The summed E-state index contributed by atoms with van der Waals surface area (Å²) in [6, 6.07) is 16.2. The van der Waals surface area contributed by atoms with E-state index < -0.39 is 11.9 Å². The van der Waals surface area contributed by atoms with Crippen LogP contribution < -0.4 is 11.1 Å². The Kier molecular flexibility index (Phi) is 5.72. The molecule has 0 aliphatic heterocycles. The monoisotopic (exact) mass is 360 g/mol. The summed E-state index contributed by atoms with van der Waals surface area (Å²) >= 11 is 3.36. The zero-order chi connectivity index (χ0) is 15.9. The fourth-order valence-corrected chi connectivity index (χ4v) is 2.37. The summed E-state index contributed by atoms with van der Waals surface area (Å²) < 4.78 is 0.958. The normalized spacial score (nSPS) is 11.7. The van der Waals surface area contributed by atoms with Crippen molar-refractivity contribution in [2.75, 3.05) is 0 Å². The number of hydrogen-bond donors (Lipinski definition) is 2. The van der Waals surface area contributed by atoms with Crippen LogP contribution in [0.25, 0.3) is 0 Å². The summed E-state index contributed by atoms with van der Waals surface area (Å²) in [6.45, 7) is 0. The second kappa shape index (κ2) is 7.75. The predicted molar refractivity (Wildman–Crippen MR) is 89.1 cm³/mol. The number of primary amides is 1. The molecular formula is C17H17BrN2O2. The minimum Gasteiger partial charge on any atom is -0.368 e. The van der Waals surface area contributed by atoms with Gasteiger partial charge in [0.05, 0.1) is 6.42 Å². The van der Waals surface area contributed by atoms with Gasteiger partial charge in [0.15, 0.2) is 0 Å². The number of rotatable bonds is 6. The van der Waals surface area contributed by atoms with E-state index in [9.17, 15) is 9.59 Å². The molecule has 114 valence electrons. The third kappa shape index (κ3) is 5.00. The van der Waals surface area contributed by atoms with E-state index in [0.29, 0.717) is 6.42 Å². The van der Waals surface area contributed by atoms with Crippen LogP contribution >= 0.6 is 15.9 Å². The van der Waals surface area contributed by atoms with E-state index in [1.807, 2.05) is 54.6 Å². The molecule has 1 atom stereocenters. The van der Waals surface area contributed by atoms with Gasteiger partial charge >= 0.3 is 0 Å². The van der Waals surface area contributed by atoms with Gasteiger partial charge in [-0.1, -0.05) is 58.4 Å². The molecule has 2 rings (SSSR count). The highest BCUT2D eigenvalue weighted by atomic mass is 79.9. The Balaban J connectivity index is 1.98. The molecule has 0 spiro atoms. The Labute approximate surface area is 137 Å². The first-order valence-corrected chi connectivity index (χ1v) is 7.71. The van der Waals surface area contributed by atoms with Crippen LogP contribution in [0.2, 0.25) is 0 Å². The summed E-state index contributed by atoms with van der Waals surface area (Å²) in [5.41, 5.74) is 7.23. The van der Waals surface area contributed by atoms with Crippen LogP contribution in [0.1, 0.15) is 11.1 Å². The van der Waals surface area contributed by atoms with E-state index in [2.05, 4.69) is 21.2 Å². The van der Waals surface area contributed by atoms with Gasteiger partial charge < -0.3 is 11.1 Å².